The van der Waals surface area contributed by atoms with E-state index in [4.69, 9.17) is 17.3 Å². The summed E-state index contributed by atoms with van der Waals surface area (Å²) < 4.78 is 26.5. The molecule has 2 rings (SSSR count). The van der Waals surface area contributed by atoms with Crippen molar-refractivity contribution >= 4 is 27.3 Å². The molecule has 2 aromatic rings. The average Bonchev–Trinajstić information content (AvgIpc) is 2.46. The Bertz CT molecular complexity index is 732. The summed E-state index contributed by atoms with van der Waals surface area (Å²) in [5, 5.41) is 0.605. The van der Waals surface area contributed by atoms with Crippen molar-refractivity contribution < 1.29 is 8.42 Å². The molecule has 0 saturated heterocycles. The van der Waals surface area contributed by atoms with Crippen molar-refractivity contribution in [2.75, 3.05) is 12.8 Å². The fourth-order valence-corrected chi connectivity index (χ4v) is 3.46. The highest BCUT2D eigenvalue weighted by molar-refractivity contribution is 7.89. The summed E-state index contributed by atoms with van der Waals surface area (Å²) in [6, 6.07) is 8.16. The molecule has 0 spiro atoms. The SMILES string of the molecule is CC(c1ccc(Cl)cc1)N(C)S(=O)(=O)c1cnccc1N. The molecule has 0 aliphatic heterocycles. The molecule has 7 heteroatoms. The number of rotatable bonds is 4. The first-order chi connectivity index (χ1) is 9.84. The quantitative estimate of drug-likeness (QED) is 0.937. The van der Waals surface area contributed by atoms with Gasteiger partial charge >= 0.3 is 0 Å². The lowest BCUT2D eigenvalue weighted by Gasteiger charge is -2.25. The third-order valence-corrected chi connectivity index (χ3v) is 5.59. The summed E-state index contributed by atoms with van der Waals surface area (Å²) in [5.41, 5.74) is 6.76. The summed E-state index contributed by atoms with van der Waals surface area (Å²) >= 11 is 5.85. The number of halogens is 1. The molecule has 1 aromatic heterocycles. The molecule has 0 saturated carbocycles. The highest BCUT2D eigenvalue weighted by atomic mass is 35.5. The molecular weight excluding hydrogens is 310 g/mol. The maximum atomic E-state index is 12.6. The van der Waals surface area contributed by atoms with Gasteiger partial charge in [0.15, 0.2) is 0 Å². The molecule has 1 heterocycles. The zero-order valence-electron chi connectivity index (χ0n) is 11.7. The third kappa shape index (κ3) is 3.18. The van der Waals surface area contributed by atoms with Crippen LogP contribution in [0.4, 0.5) is 5.69 Å². The molecule has 112 valence electrons. The minimum atomic E-state index is -3.71. The second-order valence-electron chi connectivity index (χ2n) is 4.66. The smallest absolute Gasteiger partial charge is 0.246 e. The summed E-state index contributed by atoms with van der Waals surface area (Å²) in [6.45, 7) is 1.80. The second kappa shape index (κ2) is 6.01. The van der Waals surface area contributed by atoms with E-state index in [-0.39, 0.29) is 16.6 Å². The summed E-state index contributed by atoms with van der Waals surface area (Å²) in [6.07, 6.45) is 2.72. The molecule has 1 unspecified atom stereocenters. The number of pyridine rings is 1. The molecular formula is C14H16ClN3O2S. The van der Waals surface area contributed by atoms with Crippen molar-refractivity contribution in [3.05, 3.63) is 53.3 Å². The van der Waals surface area contributed by atoms with Crippen LogP contribution in [-0.2, 0) is 10.0 Å². The van der Waals surface area contributed by atoms with Gasteiger partial charge in [0.1, 0.15) is 4.90 Å². The van der Waals surface area contributed by atoms with Gasteiger partial charge in [-0.2, -0.15) is 4.31 Å². The van der Waals surface area contributed by atoms with E-state index >= 15 is 0 Å². The third-order valence-electron chi connectivity index (χ3n) is 3.37. The van der Waals surface area contributed by atoms with Crippen LogP contribution in [0.25, 0.3) is 0 Å². The first kappa shape index (κ1) is 15.8. The van der Waals surface area contributed by atoms with E-state index in [9.17, 15) is 8.42 Å². The summed E-state index contributed by atoms with van der Waals surface area (Å²) in [5.74, 6) is 0. The molecule has 0 fully saturated rings. The molecule has 21 heavy (non-hydrogen) atoms. The highest BCUT2D eigenvalue weighted by Crippen LogP contribution is 2.28. The van der Waals surface area contributed by atoms with Crippen molar-refractivity contribution in [3.63, 3.8) is 0 Å². The molecule has 0 bridgehead atoms. The molecule has 2 N–H and O–H groups in total. The lowest BCUT2D eigenvalue weighted by atomic mass is 10.1. The van der Waals surface area contributed by atoms with E-state index in [0.29, 0.717) is 5.02 Å². The van der Waals surface area contributed by atoms with E-state index < -0.39 is 10.0 Å². The van der Waals surface area contributed by atoms with Crippen LogP contribution in [0, 0.1) is 0 Å². The predicted molar refractivity (Wildman–Crippen MR) is 83.5 cm³/mol. The minimum Gasteiger partial charge on any atom is -0.398 e. The average molecular weight is 326 g/mol. The van der Waals surface area contributed by atoms with Crippen molar-refractivity contribution in [1.82, 2.24) is 9.29 Å². The number of nitrogens with zero attached hydrogens (tertiary/aromatic N) is 2. The molecule has 0 radical (unpaired) electrons. The molecule has 0 amide bonds. The van der Waals surface area contributed by atoms with Crippen molar-refractivity contribution in [1.29, 1.82) is 0 Å². The van der Waals surface area contributed by atoms with Gasteiger partial charge in [0, 0.05) is 30.5 Å². The van der Waals surface area contributed by atoms with E-state index in [0.717, 1.165) is 5.56 Å². The Morgan fingerprint density at radius 3 is 2.43 bits per heavy atom. The van der Waals surface area contributed by atoms with Gasteiger partial charge in [0.25, 0.3) is 0 Å². The highest BCUT2D eigenvalue weighted by Gasteiger charge is 2.28. The Morgan fingerprint density at radius 2 is 1.86 bits per heavy atom. The van der Waals surface area contributed by atoms with Crippen LogP contribution in [0.15, 0.2) is 47.6 Å². The van der Waals surface area contributed by atoms with Crippen molar-refractivity contribution in [3.8, 4) is 0 Å². The molecule has 0 aliphatic rings. The lowest BCUT2D eigenvalue weighted by molar-refractivity contribution is 0.398. The fraction of sp³-hybridized carbons (Fsp3) is 0.214. The minimum absolute atomic E-state index is 0.00770. The number of anilines is 1. The summed E-state index contributed by atoms with van der Waals surface area (Å²) in [4.78, 5) is 3.84. The van der Waals surface area contributed by atoms with Gasteiger partial charge in [-0.15, -0.1) is 0 Å². The van der Waals surface area contributed by atoms with Crippen LogP contribution in [-0.4, -0.2) is 24.8 Å². The van der Waals surface area contributed by atoms with Gasteiger partial charge in [-0.05, 0) is 30.7 Å². The Hall–Kier alpha value is -1.63. The van der Waals surface area contributed by atoms with Crippen LogP contribution < -0.4 is 5.73 Å². The first-order valence-electron chi connectivity index (χ1n) is 6.27. The predicted octanol–water partition coefficient (Wildman–Crippen LogP) is 2.70. The number of nitrogens with two attached hydrogens (primary N) is 1. The number of hydrogen-bond donors (Lipinski definition) is 1. The Morgan fingerprint density at radius 1 is 1.24 bits per heavy atom. The molecule has 0 aliphatic carbocycles. The van der Waals surface area contributed by atoms with Crippen LogP contribution in [0.1, 0.15) is 18.5 Å². The number of aromatic nitrogens is 1. The van der Waals surface area contributed by atoms with Crippen LogP contribution in [0.5, 0.6) is 0 Å². The second-order valence-corrected chi connectivity index (χ2v) is 7.06. The van der Waals surface area contributed by atoms with Gasteiger partial charge in [-0.1, -0.05) is 23.7 Å². The number of hydrogen-bond acceptors (Lipinski definition) is 4. The van der Waals surface area contributed by atoms with Crippen molar-refractivity contribution in [2.45, 2.75) is 17.9 Å². The van der Waals surface area contributed by atoms with E-state index in [2.05, 4.69) is 4.98 Å². The monoisotopic (exact) mass is 325 g/mol. The number of benzene rings is 1. The van der Waals surface area contributed by atoms with E-state index in [1.807, 2.05) is 0 Å². The normalized spacial score (nSPS) is 13.3. The maximum Gasteiger partial charge on any atom is 0.246 e. The van der Waals surface area contributed by atoms with Crippen LogP contribution in [0.2, 0.25) is 5.02 Å². The van der Waals surface area contributed by atoms with Crippen LogP contribution >= 0.6 is 11.6 Å². The van der Waals surface area contributed by atoms with Crippen LogP contribution in [0.3, 0.4) is 0 Å². The standard InChI is InChI=1S/C14H16ClN3O2S/c1-10(11-3-5-12(15)6-4-11)18(2)21(19,20)14-9-17-8-7-13(14)16/h3-10H,1-2H3,(H2,16,17). The van der Waals surface area contributed by atoms with Gasteiger partial charge in [0.2, 0.25) is 10.0 Å². The Balaban J connectivity index is 2.36. The largest absolute Gasteiger partial charge is 0.398 e. The Labute approximate surface area is 129 Å². The zero-order valence-corrected chi connectivity index (χ0v) is 13.3. The number of nitrogen functional groups attached to an aromatic ring is 1. The first-order valence-corrected chi connectivity index (χ1v) is 8.09. The molecule has 1 aromatic carbocycles. The topological polar surface area (TPSA) is 76.3 Å². The van der Waals surface area contributed by atoms with Crippen molar-refractivity contribution in [2.24, 2.45) is 0 Å². The van der Waals surface area contributed by atoms with Gasteiger partial charge in [-0.3, -0.25) is 4.98 Å². The molecule has 1 atom stereocenters. The van der Waals surface area contributed by atoms with E-state index in [1.165, 1.54) is 29.8 Å². The number of sulfonamides is 1. The zero-order chi connectivity index (χ0) is 15.6. The summed E-state index contributed by atoms with van der Waals surface area (Å²) in [7, 11) is -2.20. The molecule has 5 nitrogen and oxygen atoms in total. The van der Waals surface area contributed by atoms with E-state index in [1.54, 1.807) is 31.2 Å². The maximum absolute atomic E-state index is 12.6. The van der Waals surface area contributed by atoms with Gasteiger partial charge in [0.05, 0.1) is 5.69 Å². The Kier molecular flexibility index (Phi) is 4.51. The fourth-order valence-electron chi connectivity index (χ4n) is 1.92. The van der Waals surface area contributed by atoms with Gasteiger partial charge < -0.3 is 5.73 Å². The van der Waals surface area contributed by atoms with Gasteiger partial charge in [-0.25, -0.2) is 8.42 Å². The lowest BCUT2D eigenvalue weighted by Crippen LogP contribution is -2.30.